The van der Waals surface area contributed by atoms with Crippen LogP contribution in [0.25, 0.3) is 0 Å². The Bertz CT molecular complexity index is 1850. The Balaban J connectivity index is 1.52. The van der Waals surface area contributed by atoms with Gasteiger partial charge < -0.3 is 139 Å². The molecular formula is C38H65NO32S. The summed E-state index contributed by atoms with van der Waals surface area (Å²) in [6.45, 7) is -0.993. The highest BCUT2D eigenvalue weighted by Crippen LogP contribution is 2.40. The van der Waals surface area contributed by atoms with Crippen LogP contribution < -0.4 is 5.32 Å². The molecule has 0 saturated carbocycles. The lowest BCUT2D eigenvalue weighted by Crippen LogP contribution is -2.71. The topological polar surface area (TPSA) is 518 Å². The molecule has 0 aromatic rings. The molecule has 6 heterocycles. The number of rotatable bonds is 17. The van der Waals surface area contributed by atoms with Crippen LogP contribution in [0.3, 0.4) is 0 Å². The molecule has 30 atom stereocenters. The fourth-order valence-corrected chi connectivity index (χ4v) is 9.50. The normalized spacial score (nSPS) is 50.6. The fraction of sp³-hybridized carbons (Fsp3) is 0.974. The van der Waals surface area contributed by atoms with Crippen LogP contribution >= 0.6 is 0 Å². The first-order chi connectivity index (χ1) is 33.8. The summed E-state index contributed by atoms with van der Waals surface area (Å²) in [5.41, 5.74) is 0. The number of hydrogen-bond acceptors (Lipinski definition) is 31. The minimum Gasteiger partial charge on any atom is -0.394 e. The molecule has 33 nitrogen and oxygen atoms in total. The molecule has 0 spiro atoms. The van der Waals surface area contributed by atoms with E-state index in [9.17, 15) is 99.5 Å². The van der Waals surface area contributed by atoms with Gasteiger partial charge in [0.25, 0.3) is 0 Å². The van der Waals surface area contributed by atoms with Gasteiger partial charge in [0.15, 0.2) is 37.7 Å². The third-order valence-corrected chi connectivity index (χ3v) is 13.4. The molecule has 0 aromatic carbocycles. The van der Waals surface area contributed by atoms with Gasteiger partial charge in [0.05, 0.1) is 38.6 Å². The van der Waals surface area contributed by atoms with Crippen molar-refractivity contribution in [1.29, 1.82) is 0 Å². The Morgan fingerprint density at radius 1 is 0.431 bits per heavy atom. The van der Waals surface area contributed by atoms with Crippen molar-refractivity contribution >= 4 is 16.3 Å². The average molecular weight is 1080 g/mol. The zero-order valence-electron chi connectivity index (χ0n) is 38.3. The number of amides is 1. The molecule has 6 rings (SSSR count). The Morgan fingerprint density at radius 2 is 0.833 bits per heavy atom. The van der Waals surface area contributed by atoms with Gasteiger partial charge in [-0.05, 0) is 13.8 Å². The standard InChI is InChI=1S/C38H65NO32S/c1-8-16(45)21(50)24(53)34(60-8)68-30-23(52)18(47)11(4-40)64-37(30)69-31-27(66-36-26(55)29(71-72(57,58)59)20(49)13(6-42)63-36)14(7-43)65-38(32(31)70-35-25(54)22(51)17(46)9(2)61-35)67-28-15(39-10(3)44)33(56)62-12(5-41)19(28)48/h8-9,11-38,40-43,45-56H,4-7H2,1-3H3,(H,39,44)(H,57,58,59)/t8-,9-,11+,12+,13+,14+,15+,16+,17+,18-,19-,20-,21+,22+,23-,24-,25-,26+,27-,28+,29-,30+,31-,32+,33+,34-,35-,36-,37-,38-/m0/s1. The van der Waals surface area contributed by atoms with Crippen LogP contribution in [-0.2, 0) is 71.5 Å². The van der Waals surface area contributed by atoms with Gasteiger partial charge in [0.1, 0.15) is 134 Å². The van der Waals surface area contributed by atoms with Crippen molar-refractivity contribution in [3.8, 4) is 0 Å². The molecule has 420 valence electrons. The Morgan fingerprint density at radius 3 is 1.35 bits per heavy atom. The van der Waals surface area contributed by atoms with Crippen LogP contribution in [0.15, 0.2) is 0 Å². The maximum atomic E-state index is 12.4. The minimum atomic E-state index is -5.52. The second kappa shape index (κ2) is 24.7. The van der Waals surface area contributed by atoms with Crippen LogP contribution in [0.5, 0.6) is 0 Å². The van der Waals surface area contributed by atoms with Crippen LogP contribution in [0.1, 0.15) is 20.8 Å². The number of ether oxygens (including phenoxy) is 11. The largest absolute Gasteiger partial charge is 0.397 e. The summed E-state index contributed by atoms with van der Waals surface area (Å²) in [6, 6.07) is -1.76. The van der Waals surface area contributed by atoms with Crippen molar-refractivity contribution in [3.63, 3.8) is 0 Å². The van der Waals surface area contributed by atoms with E-state index in [0.29, 0.717) is 0 Å². The molecule has 0 radical (unpaired) electrons. The van der Waals surface area contributed by atoms with E-state index < -0.39 is 227 Å². The van der Waals surface area contributed by atoms with E-state index in [0.717, 1.165) is 6.92 Å². The summed E-state index contributed by atoms with van der Waals surface area (Å²) >= 11 is 0. The van der Waals surface area contributed by atoms with Gasteiger partial charge in [-0.2, -0.15) is 8.42 Å². The molecule has 6 fully saturated rings. The van der Waals surface area contributed by atoms with E-state index in [1.54, 1.807) is 0 Å². The predicted octanol–water partition coefficient (Wildman–Crippen LogP) is -12.1. The van der Waals surface area contributed by atoms with Crippen molar-refractivity contribution in [2.45, 2.75) is 205 Å². The number of aliphatic hydroxyl groups is 16. The highest BCUT2D eigenvalue weighted by molar-refractivity contribution is 7.80. The van der Waals surface area contributed by atoms with Gasteiger partial charge in [0, 0.05) is 6.92 Å². The molecule has 6 saturated heterocycles. The Hall–Kier alpha value is -1.74. The lowest BCUT2D eigenvalue weighted by atomic mass is 9.94. The number of aliphatic hydroxyl groups excluding tert-OH is 16. The van der Waals surface area contributed by atoms with E-state index in [4.69, 9.17) is 52.1 Å². The highest BCUT2D eigenvalue weighted by atomic mass is 32.3. The fourth-order valence-electron chi connectivity index (χ4n) is 8.99. The summed E-state index contributed by atoms with van der Waals surface area (Å²) in [5.74, 6) is -0.844. The molecule has 18 N–H and O–H groups in total. The summed E-state index contributed by atoms with van der Waals surface area (Å²) < 4.78 is 103. The molecule has 34 heteroatoms. The first kappa shape index (κ1) is 59.5. The SMILES string of the molecule is CC(=O)N[C@@H]1[C@@H](O[C@@H]2O[C@H](CO)[C@H](O[C@@H]3O[C@H](CO)[C@H](O)[C@H](OS(=O)(=O)O)[C@H]3O)[C@H](O[C@@H]3O[C@H](CO)[C@H](O)[C@H](O)[C@H]3O[C@@H]3O[C@@H](C)[C@@H](O)[C@@H](O)[C@@H]3O)[C@H]2O[C@@H]2O[C@@H](C)[C@@H](O)[C@@H](O)[C@@H]2O)[C@@H](O)[C@@H](CO)O[C@H]1O. The number of hydrogen-bond donors (Lipinski definition) is 18. The third kappa shape index (κ3) is 12.8. The van der Waals surface area contributed by atoms with E-state index in [-0.39, 0.29) is 0 Å². The average Bonchev–Trinajstić information content (AvgIpc) is 3.32. The zero-order valence-corrected chi connectivity index (χ0v) is 39.1. The number of nitrogens with one attached hydrogen (secondary N) is 1. The Labute approximate surface area is 408 Å². The van der Waals surface area contributed by atoms with E-state index in [1.807, 2.05) is 0 Å². The molecule has 0 bridgehead atoms. The molecule has 72 heavy (non-hydrogen) atoms. The summed E-state index contributed by atoms with van der Waals surface area (Å²) in [5, 5.41) is 176. The second-order valence-corrected chi connectivity index (χ2v) is 19.0. The first-order valence-electron chi connectivity index (χ1n) is 22.5. The zero-order chi connectivity index (χ0) is 53.4. The monoisotopic (exact) mass is 1080 g/mol. The minimum absolute atomic E-state index is 0.844. The van der Waals surface area contributed by atoms with Crippen molar-refractivity contribution in [2.75, 3.05) is 26.4 Å². The van der Waals surface area contributed by atoms with Gasteiger partial charge >= 0.3 is 10.4 Å². The van der Waals surface area contributed by atoms with Gasteiger partial charge in [0.2, 0.25) is 5.91 Å². The maximum absolute atomic E-state index is 12.4. The van der Waals surface area contributed by atoms with Crippen LogP contribution in [0.4, 0.5) is 0 Å². The van der Waals surface area contributed by atoms with Gasteiger partial charge in [-0.15, -0.1) is 0 Å². The lowest BCUT2D eigenvalue weighted by molar-refractivity contribution is -0.421. The van der Waals surface area contributed by atoms with Crippen LogP contribution in [0.2, 0.25) is 0 Å². The molecule has 0 unspecified atom stereocenters. The highest BCUT2D eigenvalue weighted by Gasteiger charge is 2.60. The van der Waals surface area contributed by atoms with E-state index in [2.05, 4.69) is 9.50 Å². The molecule has 6 aliphatic heterocycles. The first-order valence-corrected chi connectivity index (χ1v) is 23.9. The molecule has 6 aliphatic rings. The third-order valence-electron chi connectivity index (χ3n) is 13.0. The van der Waals surface area contributed by atoms with Gasteiger partial charge in [-0.25, -0.2) is 4.18 Å². The summed E-state index contributed by atoms with van der Waals surface area (Å²) in [7, 11) is -5.52. The summed E-state index contributed by atoms with van der Waals surface area (Å²) in [4.78, 5) is 12.4. The molecule has 1 amide bonds. The van der Waals surface area contributed by atoms with E-state index >= 15 is 0 Å². The smallest absolute Gasteiger partial charge is 0.394 e. The van der Waals surface area contributed by atoms with Crippen LogP contribution in [0, 0.1) is 0 Å². The van der Waals surface area contributed by atoms with Gasteiger partial charge in [-0.1, -0.05) is 0 Å². The molecule has 0 aliphatic carbocycles. The van der Waals surface area contributed by atoms with Gasteiger partial charge in [-0.3, -0.25) is 9.35 Å². The molecule has 0 aromatic heterocycles. The van der Waals surface area contributed by atoms with Crippen LogP contribution in [-0.4, -0.2) is 311 Å². The number of carbonyl (C=O) groups is 1. The van der Waals surface area contributed by atoms with Crippen molar-refractivity contribution in [3.05, 3.63) is 0 Å². The van der Waals surface area contributed by atoms with Crippen molar-refractivity contribution < 1.29 is 156 Å². The summed E-state index contributed by atoms with van der Waals surface area (Å²) in [6.07, 6.45) is -59.3. The van der Waals surface area contributed by atoms with Crippen molar-refractivity contribution in [1.82, 2.24) is 5.32 Å². The lowest BCUT2D eigenvalue weighted by Gasteiger charge is -2.53. The van der Waals surface area contributed by atoms with E-state index in [1.165, 1.54) is 13.8 Å². The Kier molecular flexibility index (Phi) is 20.4. The second-order valence-electron chi connectivity index (χ2n) is 18.0. The maximum Gasteiger partial charge on any atom is 0.397 e. The number of carbonyl (C=O) groups excluding carboxylic acids is 1. The molecular weight excluding hydrogens is 1010 g/mol. The van der Waals surface area contributed by atoms with Crippen molar-refractivity contribution in [2.24, 2.45) is 0 Å². The quantitative estimate of drug-likeness (QED) is 0.0602. The predicted molar refractivity (Wildman–Crippen MR) is 218 cm³/mol.